The Kier molecular flexibility index (Phi) is 2.83. The Balaban J connectivity index is 2.34. The van der Waals surface area contributed by atoms with Crippen LogP contribution in [0.3, 0.4) is 0 Å². The molecule has 7 nitrogen and oxygen atoms in total. The molecule has 0 aliphatic carbocycles. The van der Waals surface area contributed by atoms with Crippen molar-refractivity contribution in [3.8, 4) is 11.3 Å². The number of hydrogen-bond acceptors (Lipinski definition) is 5. The maximum Gasteiger partial charge on any atom is 0.280 e. The van der Waals surface area contributed by atoms with E-state index < -0.39 is 11.1 Å². The van der Waals surface area contributed by atoms with E-state index in [2.05, 4.69) is 15.0 Å². The average molecular weight is 283 g/mol. The molecule has 0 radical (unpaired) electrons. The Morgan fingerprint density at radius 1 is 1.14 bits per heavy atom. The summed E-state index contributed by atoms with van der Waals surface area (Å²) < 4.78 is 1.16. The predicted molar refractivity (Wildman–Crippen MR) is 80.0 cm³/mol. The summed E-state index contributed by atoms with van der Waals surface area (Å²) in [6.07, 6.45) is 0. The van der Waals surface area contributed by atoms with Crippen LogP contribution in [0, 0.1) is 6.92 Å². The number of rotatable bonds is 1. The molecule has 0 unspecified atom stereocenters. The number of fused-ring (bicyclic) bond motifs is 1. The molecule has 3 rings (SSSR count). The minimum atomic E-state index is -0.435. The molecule has 0 bridgehead atoms. The number of aromatic nitrogens is 4. The summed E-state index contributed by atoms with van der Waals surface area (Å²) in [5.74, 6) is 0.0434. The lowest BCUT2D eigenvalue weighted by atomic mass is 10.1. The fourth-order valence-electron chi connectivity index (χ4n) is 2.03. The van der Waals surface area contributed by atoms with Crippen LogP contribution >= 0.6 is 0 Å². The van der Waals surface area contributed by atoms with Gasteiger partial charge in [0.2, 0.25) is 5.95 Å². The van der Waals surface area contributed by atoms with Crippen molar-refractivity contribution in [2.24, 2.45) is 7.05 Å². The van der Waals surface area contributed by atoms with Gasteiger partial charge in [-0.1, -0.05) is 29.8 Å². The van der Waals surface area contributed by atoms with E-state index >= 15 is 0 Å². The molecule has 3 aromatic rings. The van der Waals surface area contributed by atoms with E-state index in [4.69, 9.17) is 5.73 Å². The number of aromatic amines is 1. The van der Waals surface area contributed by atoms with Crippen molar-refractivity contribution in [2.75, 3.05) is 5.73 Å². The molecule has 0 fully saturated rings. The summed E-state index contributed by atoms with van der Waals surface area (Å²) in [6.45, 7) is 1.95. The van der Waals surface area contributed by atoms with Gasteiger partial charge in [-0.25, -0.2) is 4.98 Å². The number of nitrogens with zero attached hydrogens (tertiary/aromatic N) is 3. The summed E-state index contributed by atoms with van der Waals surface area (Å²) in [6, 6.07) is 7.35. The third-order valence-electron chi connectivity index (χ3n) is 3.30. The first kappa shape index (κ1) is 13.0. The fraction of sp³-hybridized carbons (Fsp3) is 0.143. The Hall–Kier alpha value is -2.96. The highest BCUT2D eigenvalue weighted by Gasteiger charge is 2.12. The van der Waals surface area contributed by atoms with Gasteiger partial charge in [-0.2, -0.15) is 4.98 Å². The summed E-state index contributed by atoms with van der Waals surface area (Å²) in [5.41, 5.74) is 6.91. The third-order valence-corrected chi connectivity index (χ3v) is 3.30. The van der Waals surface area contributed by atoms with E-state index in [0.29, 0.717) is 5.56 Å². The first-order valence-electron chi connectivity index (χ1n) is 6.31. The van der Waals surface area contributed by atoms with Crippen LogP contribution in [-0.2, 0) is 7.05 Å². The second kappa shape index (κ2) is 4.55. The summed E-state index contributed by atoms with van der Waals surface area (Å²) in [4.78, 5) is 34.9. The van der Waals surface area contributed by atoms with Gasteiger partial charge in [0, 0.05) is 12.6 Å². The number of aryl methyl sites for hydroxylation is 1. The molecule has 0 saturated carbocycles. The molecular weight excluding hydrogens is 270 g/mol. The smallest absolute Gasteiger partial charge is 0.280 e. The number of nitrogens with two attached hydrogens (primary N) is 1. The first-order valence-corrected chi connectivity index (χ1v) is 6.31. The summed E-state index contributed by atoms with van der Waals surface area (Å²) in [5, 5.41) is 0. The van der Waals surface area contributed by atoms with Crippen LogP contribution in [0.2, 0.25) is 0 Å². The number of anilines is 1. The van der Waals surface area contributed by atoms with Crippen LogP contribution < -0.4 is 16.9 Å². The summed E-state index contributed by atoms with van der Waals surface area (Å²) in [7, 11) is 1.48. The van der Waals surface area contributed by atoms with Crippen LogP contribution in [0.25, 0.3) is 22.4 Å². The number of nitrogen functional groups attached to an aromatic ring is 1. The van der Waals surface area contributed by atoms with Crippen molar-refractivity contribution in [1.29, 1.82) is 0 Å². The number of hydrogen-bond donors (Lipinski definition) is 2. The van der Waals surface area contributed by atoms with Gasteiger partial charge in [0.05, 0.1) is 0 Å². The monoisotopic (exact) mass is 283 g/mol. The van der Waals surface area contributed by atoms with Crippen molar-refractivity contribution < 1.29 is 0 Å². The largest absolute Gasteiger partial charge is 0.369 e. The van der Waals surface area contributed by atoms with Gasteiger partial charge in [-0.15, -0.1) is 0 Å². The molecule has 0 atom stereocenters. The van der Waals surface area contributed by atoms with Crippen LogP contribution in [0.15, 0.2) is 33.9 Å². The zero-order valence-electron chi connectivity index (χ0n) is 11.5. The van der Waals surface area contributed by atoms with Gasteiger partial charge in [0.1, 0.15) is 5.69 Å². The van der Waals surface area contributed by atoms with E-state index in [1.165, 1.54) is 7.05 Å². The molecule has 3 N–H and O–H groups in total. The van der Waals surface area contributed by atoms with Crippen molar-refractivity contribution in [1.82, 2.24) is 19.5 Å². The van der Waals surface area contributed by atoms with Gasteiger partial charge in [-0.3, -0.25) is 14.2 Å². The van der Waals surface area contributed by atoms with Crippen LogP contribution in [0.4, 0.5) is 5.95 Å². The molecular formula is C14H13N5O2. The molecule has 0 aliphatic rings. The van der Waals surface area contributed by atoms with Gasteiger partial charge >= 0.3 is 0 Å². The maximum absolute atomic E-state index is 12.1. The minimum Gasteiger partial charge on any atom is -0.369 e. The second-order valence-corrected chi connectivity index (χ2v) is 4.81. The Bertz CT molecular complexity index is 954. The highest BCUT2D eigenvalue weighted by Crippen LogP contribution is 2.15. The molecule has 0 aliphatic heterocycles. The zero-order valence-corrected chi connectivity index (χ0v) is 11.5. The van der Waals surface area contributed by atoms with Gasteiger partial charge < -0.3 is 10.7 Å². The predicted octanol–water partition coefficient (Wildman–Crippen LogP) is 0.574. The van der Waals surface area contributed by atoms with Crippen LogP contribution in [0.5, 0.6) is 0 Å². The van der Waals surface area contributed by atoms with E-state index in [1.807, 2.05) is 19.1 Å². The fourth-order valence-corrected chi connectivity index (χ4v) is 2.03. The summed E-state index contributed by atoms with van der Waals surface area (Å²) >= 11 is 0. The van der Waals surface area contributed by atoms with Crippen LogP contribution in [0.1, 0.15) is 5.56 Å². The minimum absolute atomic E-state index is 0.0434. The number of benzene rings is 1. The number of H-pyrrole nitrogens is 1. The Morgan fingerprint density at radius 3 is 2.48 bits per heavy atom. The molecule has 21 heavy (non-hydrogen) atoms. The first-order chi connectivity index (χ1) is 9.97. The molecule has 0 saturated heterocycles. The quantitative estimate of drug-likeness (QED) is 0.679. The van der Waals surface area contributed by atoms with Gasteiger partial charge in [0.25, 0.3) is 11.1 Å². The van der Waals surface area contributed by atoms with E-state index in [9.17, 15) is 9.59 Å². The standard InChI is InChI=1S/C14H13N5O2/c1-7-3-5-8(6-4-7)9-12(20)17-10-11(16-9)18-14(15)19(2)13(10)21/h3-6H,1-2H3,(H,17,20)(H2,15,16,18). The normalized spacial score (nSPS) is 11.0. The van der Waals surface area contributed by atoms with Crippen molar-refractivity contribution in [3.63, 3.8) is 0 Å². The zero-order chi connectivity index (χ0) is 15.1. The molecule has 0 amide bonds. The lowest BCUT2D eigenvalue weighted by molar-refractivity contribution is 0.852. The van der Waals surface area contributed by atoms with Gasteiger partial charge in [-0.05, 0) is 6.92 Å². The maximum atomic E-state index is 12.1. The third kappa shape index (κ3) is 2.08. The SMILES string of the molecule is Cc1ccc(-c2nc3nc(N)n(C)c(=O)c3[nH]c2=O)cc1. The van der Waals surface area contributed by atoms with Crippen molar-refractivity contribution >= 4 is 17.1 Å². The highest BCUT2D eigenvalue weighted by molar-refractivity contribution is 5.73. The number of nitrogens with one attached hydrogen (secondary N) is 1. The lowest BCUT2D eigenvalue weighted by Gasteiger charge is -2.06. The molecule has 106 valence electrons. The van der Waals surface area contributed by atoms with Gasteiger partial charge in [0.15, 0.2) is 11.2 Å². The Morgan fingerprint density at radius 2 is 1.81 bits per heavy atom. The van der Waals surface area contributed by atoms with Crippen molar-refractivity contribution in [3.05, 3.63) is 50.5 Å². The Labute approximate surface area is 119 Å². The molecule has 0 spiro atoms. The highest BCUT2D eigenvalue weighted by atomic mass is 16.1. The van der Waals surface area contributed by atoms with Crippen molar-refractivity contribution in [2.45, 2.75) is 6.92 Å². The van der Waals surface area contributed by atoms with E-state index in [1.54, 1.807) is 12.1 Å². The lowest BCUT2D eigenvalue weighted by Crippen LogP contribution is -2.25. The van der Waals surface area contributed by atoms with E-state index in [-0.39, 0.29) is 22.8 Å². The second-order valence-electron chi connectivity index (χ2n) is 4.81. The molecule has 2 heterocycles. The molecule has 7 heteroatoms. The van der Waals surface area contributed by atoms with E-state index in [0.717, 1.165) is 10.1 Å². The average Bonchev–Trinajstić information content (AvgIpc) is 2.47. The topological polar surface area (TPSA) is 107 Å². The van der Waals surface area contributed by atoms with Crippen LogP contribution in [-0.4, -0.2) is 19.5 Å². The molecule has 2 aromatic heterocycles. The molecule has 1 aromatic carbocycles.